The topological polar surface area (TPSA) is 60.0 Å². The van der Waals surface area contributed by atoms with Crippen molar-refractivity contribution in [1.82, 2.24) is 0 Å². The lowest BCUT2D eigenvalue weighted by atomic mass is 10.2. The third-order valence-corrected chi connectivity index (χ3v) is 2.95. The highest BCUT2D eigenvalue weighted by Crippen LogP contribution is 2.31. The van der Waals surface area contributed by atoms with Gasteiger partial charge in [-0.1, -0.05) is 0 Å². The highest BCUT2D eigenvalue weighted by atomic mass is 16.5. The van der Waals surface area contributed by atoms with Gasteiger partial charge < -0.3 is 24.6 Å². The quantitative estimate of drug-likeness (QED) is 0.821. The first kappa shape index (κ1) is 14.0. The van der Waals surface area contributed by atoms with E-state index in [1.807, 2.05) is 32.0 Å². The van der Waals surface area contributed by atoms with Gasteiger partial charge in [-0.05, 0) is 26.0 Å². The molecule has 2 N–H and O–H groups in total. The average Bonchev–Trinajstić information content (AvgIpc) is 2.79. The summed E-state index contributed by atoms with van der Waals surface area (Å²) >= 11 is 0. The summed E-state index contributed by atoms with van der Waals surface area (Å²) in [6, 6.07) is 5.60. The first-order chi connectivity index (χ1) is 9.24. The molecule has 2 rings (SSSR count). The van der Waals surface area contributed by atoms with Crippen molar-refractivity contribution in [3.8, 4) is 11.5 Å². The molecule has 5 nitrogen and oxygen atoms in total. The Morgan fingerprint density at radius 2 is 1.95 bits per heavy atom. The Bertz CT molecular complexity index is 410. The molecule has 1 aromatic carbocycles. The Morgan fingerprint density at radius 3 is 2.58 bits per heavy atom. The first-order valence-corrected chi connectivity index (χ1v) is 6.66. The SMILES string of the molecule is CCOc1ccc(NC2COCC2O)cc1OCC. The fraction of sp³-hybridized carbons (Fsp3) is 0.571. The second kappa shape index (κ2) is 6.63. The van der Waals surface area contributed by atoms with Gasteiger partial charge in [-0.25, -0.2) is 0 Å². The third kappa shape index (κ3) is 3.52. The molecule has 2 atom stereocenters. The van der Waals surface area contributed by atoms with E-state index in [2.05, 4.69) is 5.32 Å². The number of hydrogen-bond acceptors (Lipinski definition) is 5. The van der Waals surface area contributed by atoms with Crippen LogP contribution in [-0.4, -0.2) is 43.7 Å². The van der Waals surface area contributed by atoms with Crippen molar-refractivity contribution in [2.45, 2.75) is 26.0 Å². The van der Waals surface area contributed by atoms with Crippen molar-refractivity contribution in [1.29, 1.82) is 0 Å². The molecular formula is C14H21NO4. The molecule has 1 saturated heterocycles. The molecule has 1 aliphatic rings. The van der Waals surface area contributed by atoms with Crippen molar-refractivity contribution >= 4 is 5.69 Å². The molecule has 1 fully saturated rings. The highest BCUT2D eigenvalue weighted by Gasteiger charge is 2.26. The predicted molar refractivity (Wildman–Crippen MR) is 73.0 cm³/mol. The lowest BCUT2D eigenvalue weighted by molar-refractivity contribution is 0.125. The van der Waals surface area contributed by atoms with E-state index in [4.69, 9.17) is 14.2 Å². The molecule has 1 aliphatic heterocycles. The Morgan fingerprint density at radius 1 is 1.21 bits per heavy atom. The highest BCUT2D eigenvalue weighted by molar-refractivity contribution is 5.55. The van der Waals surface area contributed by atoms with Crippen molar-refractivity contribution in [2.75, 3.05) is 31.7 Å². The maximum atomic E-state index is 9.72. The molecule has 0 aliphatic carbocycles. The first-order valence-electron chi connectivity index (χ1n) is 6.66. The van der Waals surface area contributed by atoms with Crippen LogP contribution in [0, 0.1) is 0 Å². The van der Waals surface area contributed by atoms with Crippen LogP contribution >= 0.6 is 0 Å². The van der Waals surface area contributed by atoms with Crippen LogP contribution in [0.2, 0.25) is 0 Å². The zero-order chi connectivity index (χ0) is 13.7. The molecule has 5 heteroatoms. The molecule has 0 radical (unpaired) electrons. The van der Waals surface area contributed by atoms with E-state index >= 15 is 0 Å². The minimum Gasteiger partial charge on any atom is -0.490 e. The maximum Gasteiger partial charge on any atom is 0.163 e. The number of hydrogen-bond donors (Lipinski definition) is 2. The smallest absolute Gasteiger partial charge is 0.163 e. The zero-order valence-electron chi connectivity index (χ0n) is 11.4. The Hall–Kier alpha value is -1.46. The summed E-state index contributed by atoms with van der Waals surface area (Å²) in [5.41, 5.74) is 0.890. The van der Waals surface area contributed by atoms with Gasteiger partial charge >= 0.3 is 0 Å². The van der Waals surface area contributed by atoms with Gasteiger partial charge in [0.25, 0.3) is 0 Å². The van der Waals surface area contributed by atoms with Crippen LogP contribution in [0.3, 0.4) is 0 Å². The summed E-state index contributed by atoms with van der Waals surface area (Å²) in [6.45, 7) is 5.95. The van der Waals surface area contributed by atoms with Gasteiger partial charge in [0.05, 0.1) is 38.6 Å². The zero-order valence-corrected chi connectivity index (χ0v) is 11.4. The van der Waals surface area contributed by atoms with Gasteiger partial charge in [-0.15, -0.1) is 0 Å². The average molecular weight is 267 g/mol. The molecule has 1 heterocycles. The monoisotopic (exact) mass is 267 g/mol. The second-order valence-corrected chi connectivity index (χ2v) is 4.38. The van der Waals surface area contributed by atoms with Crippen LogP contribution < -0.4 is 14.8 Å². The van der Waals surface area contributed by atoms with Gasteiger partial charge in [-0.3, -0.25) is 0 Å². The second-order valence-electron chi connectivity index (χ2n) is 4.38. The Labute approximate surface area is 113 Å². The molecule has 2 unspecified atom stereocenters. The summed E-state index contributed by atoms with van der Waals surface area (Å²) in [6.07, 6.45) is -0.470. The molecule has 0 aromatic heterocycles. The van der Waals surface area contributed by atoms with E-state index in [1.165, 1.54) is 0 Å². The molecular weight excluding hydrogens is 246 g/mol. The van der Waals surface area contributed by atoms with E-state index in [1.54, 1.807) is 0 Å². The molecule has 0 spiro atoms. The number of aliphatic hydroxyl groups is 1. The largest absolute Gasteiger partial charge is 0.490 e. The lowest BCUT2D eigenvalue weighted by Crippen LogP contribution is -2.31. The predicted octanol–water partition coefficient (Wildman–Crippen LogP) is 1.66. The van der Waals surface area contributed by atoms with E-state index in [-0.39, 0.29) is 6.04 Å². The van der Waals surface area contributed by atoms with E-state index in [9.17, 15) is 5.11 Å². The van der Waals surface area contributed by atoms with Crippen molar-refractivity contribution in [2.24, 2.45) is 0 Å². The number of nitrogens with one attached hydrogen (secondary N) is 1. The van der Waals surface area contributed by atoms with Crippen molar-refractivity contribution < 1.29 is 19.3 Å². The van der Waals surface area contributed by atoms with Gasteiger partial charge in [-0.2, -0.15) is 0 Å². The summed E-state index contributed by atoms with van der Waals surface area (Å²) < 4.78 is 16.3. The van der Waals surface area contributed by atoms with Gasteiger partial charge in [0.15, 0.2) is 11.5 Å². The van der Waals surface area contributed by atoms with Crippen LogP contribution in [0.15, 0.2) is 18.2 Å². The van der Waals surface area contributed by atoms with Gasteiger partial charge in [0.2, 0.25) is 0 Å². The van der Waals surface area contributed by atoms with Gasteiger partial charge in [0.1, 0.15) is 0 Å². The summed E-state index contributed by atoms with van der Waals surface area (Å²) in [5, 5.41) is 13.0. The van der Waals surface area contributed by atoms with Crippen molar-refractivity contribution in [3.63, 3.8) is 0 Å². The fourth-order valence-electron chi connectivity index (χ4n) is 2.04. The summed E-state index contributed by atoms with van der Waals surface area (Å²) in [7, 11) is 0. The molecule has 19 heavy (non-hydrogen) atoms. The standard InChI is InChI=1S/C14H21NO4/c1-3-18-13-6-5-10(7-14(13)19-4-2)15-11-8-17-9-12(11)16/h5-7,11-12,15-16H,3-4,8-9H2,1-2H3. The van der Waals surface area contributed by atoms with Crippen LogP contribution in [0.1, 0.15) is 13.8 Å². The maximum absolute atomic E-state index is 9.72. The molecule has 0 bridgehead atoms. The van der Waals surface area contributed by atoms with E-state index in [0.717, 1.165) is 11.4 Å². The number of aliphatic hydroxyl groups excluding tert-OH is 1. The van der Waals surface area contributed by atoms with Crippen LogP contribution in [0.5, 0.6) is 11.5 Å². The number of rotatable bonds is 6. The van der Waals surface area contributed by atoms with Crippen LogP contribution in [0.25, 0.3) is 0 Å². The third-order valence-electron chi connectivity index (χ3n) is 2.95. The minimum atomic E-state index is -0.470. The van der Waals surface area contributed by atoms with E-state index < -0.39 is 6.10 Å². The number of ether oxygens (including phenoxy) is 3. The normalized spacial score (nSPS) is 22.3. The minimum absolute atomic E-state index is 0.0765. The Balaban J connectivity index is 2.10. The lowest BCUT2D eigenvalue weighted by Gasteiger charge is -2.18. The van der Waals surface area contributed by atoms with Crippen LogP contribution in [0.4, 0.5) is 5.69 Å². The summed E-state index contributed by atoms with van der Waals surface area (Å²) in [4.78, 5) is 0. The summed E-state index contributed by atoms with van der Waals surface area (Å²) in [5.74, 6) is 1.45. The number of anilines is 1. The number of benzene rings is 1. The molecule has 0 amide bonds. The molecule has 0 saturated carbocycles. The van der Waals surface area contributed by atoms with Gasteiger partial charge in [0, 0.05) is 11.8 Å². The van der Waals surface area contributed by atoms with Crippen molar-refractivity contribution in [3.05, 3.63) is 18.2 Å². The molecule has 106 valence electrons. The molecule has 1 aromatic rings. The van der Waals surface area contributed by atoms with Crippen LogP contribution in [-0.2, 0) is 4.74 Å². The fourth-order valence-corrected chi connectivity index (χ4v) is 2.04. The van der Waals surface area contributed by atoms with E-state index in [0.29, 0.717) is 32.2 Å². The Kier molecular flexibility index (Phi) is 4.87.